The first kappa shape index (κ1) is 10.2. The van der Waals surface area contributed by atoms with Crippen LogP contribution < -0.4 is 0 Å². The topological polar surface area (TPSA) is 34.1 Å². The molecule has 1 saturated carbocycles. The van der Waals surface area contributed by atoms with Crippen molar-refractivity contribution in [3.63, 3.8) is 0 Å². The normalized spacial score (nSPS) is 22.3. The maximum absolute atomic E-state index is 12.8. The van der Waals surface area contributed by atoms with Crippen molar-refractivity contribution in [2.45, 2.75) is 25.7 Å². The van der Waals surface area contributed by atoms with E-state index < -0.39 is 26.1 Å². The van der Waals surface area contributed by atoms with Crippen LogP contribution in [0.2, 0.25) is 0 Å². The zero-order valence-corrected chi connectivity index (χ0v) is 8.05. The van der Waals surface area contributed by atoms with E-state index in [0.29, 0.717) is 0 Å². The van der Waals surface area contributed by atoms with Crippen molar-refractivity contribution in [1.29, 1.82) is 0 Å². The van der Waals surface area contributed by atoms with Crippen LogP contribution in [0.4, 0.5) is 8.78 Å². The summed E-state index contributed by atoms with van der Waals surface area (Å²) >= 11 is 0. The summed E-state index contributed by atoms with van der Waals surface area (Å²) in [5.74, 6) is -3.57. The Hall–Kier alpha value is 0.1000. The van der Waals surface area contributed by atoms with Gasteiger partial charge in [0.05, 0.1) is 5.75 Å². The highest BCUT2D eigenvalue weighted by Crippen LogP contribution is 2.57. The van der Waals surface area contributed by atoms with Gasteiger partial charge in [0, 0.05) is 16.1 Å². The van der Waals surface area contributed by atoms with Gasteiger partial charge in [-0.05, 0) is 19.8 Å². The summed E-state index contributed by atoms with van der Waals surface area (Å²) in [4.78, 5) is 0. The average molecular weight is 219 g/mol. The molecule has 0 atom stereocenters. The molecule has 2 nitrogen and oxygen atoms in total. The maximum Gasteiger partial charge on any atom is 0.251 e. The second kappa shape index (κ2) is 2.54. The molecule has 0 aromatic carbocycles. The van der Waals surface area contributed by atoms with Gasteiger partial charge in [-0.15, -0.1) is 0 Å². The molecule has 0 N–H and O–H groups in total. The van der Waals surface area contributed by atoms with E-state index in [1.54, 1.807) is 0 Å². The Bertz CT molecular complexity index is 276. The van der Waals surface area contributed by atoms with Crippen LogP contribution in [0.15, 0.2) is 0 Å². The third-order valence-electron chi connectivity index (χ3n) is 2.23. The summed E-state index contributed by atoms with van der Waals surface area (Å²) in [7, 11) is 1.09. The quantitative estimate of drug-likeness (QED) is 0.679. The SMILES string of the molecule is CC(F)(F)C1(CS(=O)(=O)Cl)CC1. The molecule has 72 valence electrons. The van der Waals surface area contributed by atoms with Crippen molar-refractivity contribution in [1.82, 2.24) is 0 Å². The highest BCUT2D eigenvalue weighted by atomic mass is 35.7. The molecule has 0 aromatic rings. The molecule has 0 aromatic heterocycles. The number of rotatable bonds is 3. The fraction of sp³-hybridized carbons (Fsp3) is 1.00. The van der Waals surface area contributed by atoms with Crippen LogP contribution in [0.1, 0.15) is 19.8 Å². The smallest absolute Gasteiger partial charge is 0.212 e. The van der Waals surface area contributed by atoms with Crippen molar-refractivity contribution in [3.05, 3.63) is 0 Å². The minimum absolute atomic E-state index is 0.239. The lowest BCUT2D eigenvalue weighted by molar-refractivity contribution is -0.0445. The molecule has 0 spiro atoms. The largest absolute Gasteiger partial charge is 0.251 e. The van der Waals surface area contributed by atoms with Crippen molar-refractivity contribution in [2.75, 3.05) is 5.75 Å². The van der Waals surface area contributed by atoms with E-state index >= 15 is 0 Å². The molecular formula is C6H9ClF2O2S. The molecule has 0 radical (unpaired) electrons. The molecule has 12 heavy (non-hydrogen) atoms. The van der Waals surface area contributed by atoms with Crippen LogP contribution in [0.25, 0.3) is 0 Å². The van der Waals surface area contributed by atoms with Gasteiger partial charge in [0.2, 0.25) is 9.05 Å². The van der Waals surface area contributed by atoms with Crippen molar-refractivity contribution < 1.29 is 17.2 Å². The van der Waals surface area contributed by atoms with Crippen LogP contribution in [0, 0.1) is 5.41 Å². The maximum atomic E-state index is 12.8. The summed E-state index contributed by atoms with van der Waals surface area (Å²) in [5, 5.41) is 0. The Balaban J connectivity index is 2.76. The summed E-state index contributed by atoms with van der Waals surface area (Å²) in [6, 6.07) is 0. The van der Waals surface area contributed by atoms with Gasteiger partial charge in [-0.25, -0.2) is 17.2 Å². The van der Waals surface area contributed by atoms with E-state index in [4.69, 9.17) is 10.7 Å². The van der Waals surface area contributed by atoms with Gasteiger partial charge < -0.3 is 0 Å². The van der Waals surface area contributed by atoms with Crippen molar-refractivity contribution >= 4 is 19.7 Å². The highest BCUT2D eigenvalue weighted by molar-refractivity contribution is 8.13. The second-order valence-corrected chi connectivity index (χ2v) is 6.13. The molecule has 6 heteroatoms. The zero-order valence-electron chi connectivity index (χ0n) is 6.48. The van der Waals surface area contributed by atoms with E-state index in [2.05, 4.69) is 0 Å². The summed E-state index contributed by atoms with van der Waals surface area (Å²) in [6.07, 6.45) is 0.477. The monoisotopic (exact) mass is 218 g/mol. The first-order valence-electron chi connectivity index (χ1n) is 3.46. The lowest BCUT2D eigenvalue weighted by Gasteiger charge is -2.20. The van der Waals surface area contributed by atoms with Crippen LogP contribution in [-0.4, -0.2) is 20.1 Å². The first-order chi connectivity index (χ1) is 5.16. The van der Waals surface area contributed by atoms with Crippen molar-refractivity contribution in [2.24, 2.45) is 5.41 Å². The van der Waals surface area contributed by atoms with Crippen LogP contribution in [0.3, 0.4) is 0 Å². The van der Waals surface area contributed by atoms with Crippen LogP contribution in [0.5, 0.6) is 0 Å². The Kier molecular flexibility index (Phi) is 2.16. The highest BCUT2D eigenvalue weighted by Gasteiger charge is 2.60. The molecule has 0 bridgehead atoms. The number of hydrogen-bond acceptors (Lipinski definition) is 2. The fourth-order valence-electron chi connectivity index (χ4n) is 1.19. The molecule has 1 rings (SSSR count). The number of halogens is 3. The van der Waals surface area contributed by atoms with E-state index in [0.717, 1.165) is 6.92 Å². The van der Waals surface area contributed by atoms with Crippen LogP contribution in [-0.2, 0) is 9.05 Å². The number of hydrogen-bond donors (Lipinski definition) is 0. The predicted octanol–water partition coefficient (Wildman–Crippen LogP) is 1.99. The van der Waals surface area contributed by atoms with E-state index in [-0.39, 0.29) is 12.8 Å². The Morgan fingerprint density at radius 3 is 2.00 bits per heavy atom. The van der Waals surface area contributed by atoms with Crippen molar-refractivity contribution in [3.8, 4) is 0 Å². The van der Waals surface area contributed by atoms with Gasteiger partial charge in [-0.1, -0.05) is 0 Å². The lowest BCUT2D eigenvalue weighted by atomic mass is 10.0. The molecule has 1 fully saturated rings. The minimum Gasteiger partial charge on any atom is -0.212 e. The molecule has 0 aliphatic heterocycles. The zero-order chi connectivity index (χ0) is 9.62. The van der Waals surface area contributed by atoms with Gasteiger partial charge in [-0.2, -0.15) is 0 Å². The van der Waals surface area contributed by atoms with Gasteiger partial charge in [-0.3, -0.25) is 0 Å². The molecule has 0 saturated heterocycles. The van der Waals surface area contributed by atoms with Crippen LogP contribution >= 0.6 is 10.7 Å². The van der Waals surface area contributed by atoms with Gasteiger partial charge >= 0.3 is 0 Å². The molecular weight excluding hydrogens is 210 g/mol. The van der Waals surface area contributed by atoms with Gasteiger partial charge in [0.25, 0.3) is 5.92 Å². The molecule has 0 amide bonds. The molecule has 0 heterocycles. The minimum atomic E-state index is -3.81. The third kappa shape index (κ3) is 2.07. The van der Waals surface area contributed by atoms with E-state index in [1.807, 2.05) is 0 Å². The van der Waals surface area contributed by atoms with Gasteiger partial charge in [0.1, 0.15) is 0 Å². The summed E-state index contributed by atoms with van der Waals surface area (Å²) in [5.41, 5.74) is -1.38. The fourth-order valence-corrected chi connectivity index (χ4v) is 3.02. The molecule has 1 aliphatic carbocycles. The Morgan fingerprint density at radius 2 is 1.92 bits per heavy atom. The van der Waals surface area contributed by atoms with Gasteiger partial charge in [0.15, 0.2) is 0 Å². The Labute approximate surface area is 74.3 Å². The predicted molar refractivity (Wildman–Crippen MR) is 41.9 cm³/mol. The third-order valence-corrected chi connectivity index (χ3v) is 3.46. The van der Waals surface area contributed by atoms with E-state index in [9.17, 15) is 17.2 Å². The second-order valence-electron chi connectivity index (χ2n) is 3.35. The standard InChI is InChI=1S/C6H9ClF2O2S/c1-5(8,9)6(2-3-6)4-12(7,10)11/h2-4H2,1H3. The molecule has 0 unspecified atom stereocenters. The van der Waals surface area contributed by atoms with E-state index in [1.165, 1.54) is 0 Å². The first-order valence-corrected chi connectivity index (χ1v) is 5.94. The summed E-state index contributed by atoms with van der Waals surface area (Å²) < 4.78 is 46.7. The lowest BCUT2D eigenvalue weighted by Crippen LogP contribution is -2.31. The average Bonchev–Trinajstić information content (AvgIpc) is 2.39. The summed E-state index contributed by atoms with van der Waals surface area (Å²) in [6.45, 7) is 0.738. The Morgan fingerprint density at radius 1 is 1.50 bits per heavy atom. The number of alkyl halides is 2. The molecule has 1 aliphatic rings.